The van der Waals surface area contributed by atoms with Gasteiger partial charge in [0.1, 0.15) is 5.75 Å². The van der Waals surface area contributed by atoms with Crippen LogP contribution in [0.25, 0.3) is 0 Å². The van der Waals surface area contributed by atoms with E-state index in [4.69, 9.17) is 9.84 Å². The molecule has 4 aromatic rings. The zero-order valence-electron chi connectivity index (χ0n) is 16.9. The van der Waals surface area contributed by atoms with E-state index in [9.17, 15) is 4.39 Å². The molecule has 5 rings (SSSR count). The van der Waals surface area contributed by atoms with Crippen molar-refractivity contribution in [1.29, 1.82) is 0 Å². The van der Waals surface area contributed by atoms with Gasteiger partial charge >= 0.3 is 0 Å². The highest BCUT2D eigenvalue weighted by Crippen LogP contribution is 2.38. The van der Waals surface area contributed by atoms with Crippen LogP contribution in [0, 0.1) is 5.82 Å². The summed E-state index contributed by atoms with van der Waals surface area (Å²) in [6.45, 7) is 0. The average Bonchev–Trinajstić information content (AvgIpc) is 3.28. The molecule has 4 heteroatoms. The molecule has 0 aromatic heterocycles. The Bertz CT molecular complexity index is 1190. The van der Waals surface area contributed by atoms with E-state index in [0.717, 1.165) is 28.9 Å². The Morgan fingerprint density at radius 2 is 1.42 bits per heavy atom. The fourth-order valence-electron chi connectivity index (χ4n) is 3.81. The van der Waals surface area contributed by atoms with Crippen LogP contribution in [0.15, 0.2) is 114 Å². The SMILES string of the molecule is Fc1ccc([C@@H]2CC(c3ccccc3)=NN2c2ccccc2)cc1Oc1ccccc1. The summed E-state index contributed by atoms with van der Waals surface area (Å²) < 4.78 is 20.4. The van der Waals surface area contributed by atoms with E-state index in [2.05, 4.69) is 12.1 Å². The first kappa shape index (κ1) is 19.1. The standard InChI is InChI=1S/C27H21FN2O/c28-24-17-16-21(18-27(24)31-23-14-8-3-9-15-23)26-19-25(20-10-4-1-5-11-20)29-30(26)22-12-6-2-7-13-22/h1-18,26H,19H2/t26-/m0/s1. The third kappa shape index (κ3) is 4.05. The van der Waals surface area contributed by atoms with Gasteiger partial charge in [-0.05, 0) is 47.5 Å². The van der Waals surface area contributed by atoms with Crippen LogP contribution < -0.4 is 9.75 Å². The molecule has 0 spiro atoms. The maximum absolute atomic E-state index is 14.5. The maximum Gasteiger partial charge on any atom is 0.165 e. The number of halogens is 1. The minimum Gasteiger partial charge on any atom is -0.454 e. The first-order chi connectivity index (χ1) is 15.3. The van der Waals surface area contributed by atoms with Crippen molar-refractivity contribution in [3.8, 4) is 11.5 Å². The van der Waals surface area contributed by atoms with Gasteiger partial charge in [0.2, 0.25) is 0 Å². The predicted molar refractivity (Wildman–Crippen MR) is 122 cm³/mol. The third-order valence-electron chi connectivity index (χ3n) is 5.35. The number of nitrogens with zero attached hydrogens (tertiary/aromatic N) is 2. The van der Waals surface area contributed by atoms with Crippen LogP contribution in [0.5, 0.6) is 11.5 Å². The van der Waals surface area contributed by atoms with Crippen LogP contribution in [0.2, 0.25) is 0 Å². The van der Waals surface area contributed by atoms with Crippen LogP contribution in [0.4, 0.5) is 10.1 Å². The van der Waals surface area contributed by atoms with E-state index >= 15 is 0 Å². The van der Waals surface area contributed by atoms with Crippen molar-refractivity contribution in [2.24, 2.45) is 5.10 Å². The molecule has 4 aromatic carbocycles. The van der Waals surface area contributed by atoms with Crippen LogP contribution in [0.3, 0.4) is 0 Å². The molecule has 1 aliphatic heterocycles. The molecule has 1 heterocycles. The first-order valence-electron chi connectivity index (χ1n) is 10.3. The van der Waals surface area contributed by atoms with Gasteiger partial charge in [0.05, 0.1) is 17.4 Å². The average molecular weight is 408 g/mol. The van der Waals surface area contributed by atoms with Gasteiger partial charge in [0.15, 0.2) is 11.6 Å². The molecular weight excluding hydrogens is 387 g/mol. The quantitative estimate of drug-likeness (QED) is 0.356. The highest BCUT2D eigenvalue weighted by Gasteiger charge is 2.30. The molecule has 0 fully saturated rings. The second-order valence-electron chi connectivity index (χ2n) is 7.42. The Hall–Kier alpha value is -3.92. The van der Waals surface area contributed by atoms with E-state index < -0.39 is 0 Å². The number of ether oxygens (including phenoxy) is 1. The van der Waals surface area contributed by atoms with Gasteiger partial charge in [0, 0.05) is 6.42 Å². The van der Waals surface area contributed by atoms with Crippen molar-refractivity contribution >= 4 is 11.4 Å². The van der Waals surface area contributed by atoms with Crippen molar-refractivity contribution in [3.05, 3.63) is 126 Å². The second kappa shape index (κ2) is 8.44. The molecule has 152 valence electrons. The van der Waals surface area contributed by atoms with Gasteiger partial charge in [-0.1, -0.05) is 72.8 Å². The maximum atomic E-state index is 14.5. The van der Waals surface area contributed by atoms with Crippen LogP contribution in [0.1, 0.15) is 23.6 Å². The predicted octanol–water partition coefficient (Wildman–Crippen LogP) is 6.97. The Labute approximate surface area is 181 Å². The molecule has 0 saturated heterocycles. The molecular formula is C27H21FN2O. The van der Waals surface area contributed by atoms with E-state index in [1.54, 1.807) is 6.07 Å². The zero-order valence-corrected chi connectivity index (χ0v) is 16.9. The van der Waals surface area contributed by atoms with Gasteiger partial charge in [-0.15, -0.1) is 0 Å². The minimum atomic E-state index is -0.388. The van der Waals surface area contributed by atoms with Gasteiger partial charge in [-0.3, -0.25) is 5.01 Å². The van der Waals surface area contributed by atoms with Crippen LogP contribution in [-0.4, -0.2) is 5.71 Å². The summed E-state index contributed by atoms with van der Waals surface area (Å²) in [5.74, 6) is 0.428. The second-order valence-corrected chi connectivity index (χ2v) is 7.42. The molecule has 0 N–H and O–H groups in total. The topological polar surface area (TPSA) is 24.8 Å². The van der Waals surface area contributed by atoms with Gasteiger partial charge in [-0.2, -0.15) is 5.10 Å². The van der Waals surface area contributed by atoms with Crippen molar-refractivity contribution in [3.63, 3.8) is 0 Å². The summed E-state index contributed by atoms with van der Waals surface area (Å²) in [7, 11) is 0. The summed E-state index contributed by atoms with van der Waals surface area (Å²) in [4.78, 5) is 0. The lowest BCUT2D eigenvalue weighted by Crippen LogP contribution is -2.18. The molecule has 0 saturated carbocycles. The van der Waals surface area contributed by atoms with Gasteiger partial charge in [-0.25, -0.2) is 4.39 Å². The number of hydrogen-bond acceptors (Lipinski definition) is 3. The number of para-hydroxylation sites is 2. The molecule has 3 nitrogen and oxygen atoms in total. The van der Waals surface area contributed by atoms with E-state index in [0.29, 0.717) is 5.75 Å². The van der Waals surface area contributed by atoms with Crippen molar-refractivity contribution in [2.75, 3.05) is 5.01 Å². The Morgan fingerprint density at radius 1 is 0.774 bits per heavy atom. The fourth-order valence-corrected chi connectivity index (χ4v) is 3.81. The molecule has 0 aliphatic carbocycles. The van der Waals surface area contributed by atoms with Crippen molar-refractivity contribution in [2.45, 2.75) is 12.5 Å². The first-order valence-corrected chi connectivity index (χ1v) is 10.3. The molecule has 0 amide bonds. The summed E-state index contributed by atoms with van der Waals surface area (Å²) in [6, 6.07) is 34.5. The number of rotatable bonds is 5. The molecule has 1 atom stereocenters. The lowest BCUT2D eigenvalue weighted by molar-refractivity contribution is 0.440. The fraction of sp³-hybridized carbons (Fsp3) is 0.0741. The lowest BCUT2D eigenvalue weighted by Gasteiger charge is -2.24. The lowest BCUT2D eigenvalue weighted by atomic mass is 9.98. The molecule has 31 heavy (non-hydrogen) atoms. The molecule has 0 bridgehead atoms. The number of anilines is 1. The molecule has 0 unspecified atom stereocenters. The molecule has 0 radical (unpaired) electrons. The van der Waals surface area contributed by atoms with Gasteiger partial charge < -0.3 is 4.74 Å². The normalized spacial score (nSPS) is 15.6. The largest absolute Gasteiger partial charge is 0.454 e. The van der Waals surface area contributed by atoms with E-state index in [1.807, 2.05) is 89.9 Å². The number of hydrogen-bond donors (Lipinski definition) is 0. The van der Waals surface area contributed by atoms with Crippen LogP contribution >= 0.6 is 0 Å². The van der Waals surface area contributed by atoms with Crippen LogP contribution in [-0.2, 0) is 0 Å². The smallest absolute Gasteiger partial charge is 0.165 e. The number of hydrazone groups is 1. The Balaban J connectivity index is 1.51. The van der Waals surface area contributed by atoms with Crippen molar-refractivity contribution < 1.29 is 9.13 Å². The highest BCUT2D eigenvalue weighted by molar-refractivity contribution is 6.03. The molecule has 1 aliphatic rings. The Kier molecular flexibility index (Phi) is 5.19. The summed E-state index contributed by atoms with van der Waals surface area (Å²) in [5.41, 5.74) is 4.04. The van der Waals surface area contributed by atoms with E-state index in [1.165, 1.54) is 6.07 Å². The number of benzene rings is 4. The summed E-state index contributed by atoms with van der Waals surface area (Å²) >= 11 is 0. The Morgan fingerprint density at radius 3 is 2.13 bits per heavy atom. The zero-order chi connectivity index (χ0) is 21.0. The third-order valence-corrected chi connectivity index (χ3v) is 5.35. The minimum absolute atomic E-state index is 0.0590. The van der Waals surface area contributed by atoms with Crippen molar-refractivity contribution in [1.82, 2.24) is 0 Å². The summed E-state index contributed by atoms with van der Waals surface area (Å²) in [5, 5.41) is 6.95. The highest BCUT2D eigenvalue weighted by atomic mass is 19.1. The monoisotopic (exact) mass is 408 g/mol. The van der Waals surface area contributed by atoms with E-state index in [-0.39, 0.29) is 17.6 Å². The summed E-state index contributed by atoms with van der Waals surface area (Å²) in [6.07, 6.45) is 0.718. The van der Waals surface area contributed by atoms with Gasteiger partial charge in [0.25, 0.3) is 0 Å².